The topological polar surface area (TPSA) is 43.8 Å². The van der Waals surface area contributed by atoms with Crippen LogP contribution in [0.1, 0.15) is 19.4 Å². The lowest BCUT2D eigenvalue weighted by Crippen LogP contribution is -2.31. The Bertz CT molecular complexity index is 497. The van der Waals surface area contributed by atoms with Crippen molar-refractivity contribution >= 4 is 0 Å². The Hall–Kier alpha value is -1.61. The van der Waals surface area contributed by atoms with E-state index in [1.807, 2.05) is 12.5 Å². The van der Waals surface area contributed by atoms with Gasteiger partial charge in [-0.3, -0.25) is 0 Å². The summed E-state index contributed by atoms with van der Waals surface area (Å²) >= 11 is 0. The van der Waals surface area contributed by atoms with Crippen LogP contribution in [0.5, 0.6) is 0 Å². The van der Waals surface area contributed by atoms with E-state index in [4.69, 9.17) is 5.73 Å². The highest BCUT2D eigenvalue weighted by molar-refractivity contribution is 5.59. The second kappa shape index (κ2) is 5.36. The lowest BCUT2D eigenvalue weighted by Gasteiger charge is -2.17. The molecule has 0 radical (unpaired) electrons. The lowest BCUT2D eigenvalue weighted by molar-refractivity contribution is 0.435. The number of imidazole rings is 1. The predicted molar refractivity (Wildman–Crippen MR) is 75.2 cm³/mol. The average Bonchev–Trinajstić information content (AvgIpc) is 2.78. The number of hydrogen-bond acceptors (Lipinski definition) is 2. The van der Waals surface area contributed by atoms with Gasteiger partial charge in [-0.25, -0.2) is 4.98 Å². The molecule has 2 N–H and O–H groups in total. The van der Waals surface area contributed by atoms with Gasteiger partial charge in [0.25, 0.3) is 0 Å². The molecule has 1 heterocycles. The minimum absolute atomic E-state index is 0.156. The molecule has 18 heavy (non-hydrogen) atoms. The standard InChI is InChI=1S/C15H21N3/c1-11(2)14(16)9-18-10-17-8-15(18)13-6-4-12(3)5-7-13/h4-8,10-11,14H,9,16H2,1-3H3. The fourth-order valence-electron chi connectivity index (χ4n) is 1.87. The van der Waals surface area contributed by atoms with Crippen LogP contribution >= 0.6 is 0 Å². The Labute approximate surface area is 109 Å². The van der Waals surface area contributed by atoms with Gasteiger partial charge < -0.3 is 10.3 Å². The Balaban J connectivity index is 2.25. The first-order valence-corrected chi connectivity index (χ1v) is 6.40. The first kappa shape index (κ1) is 12.8. The number of nitrogens with two attached hydrogens (primary N) is 1. The zero-order chi connectivity index (χ0) is 13.1. The minimum Gasteiger partial charge on any atom is -0.329 e. The number of aryl methyl sites for hydroxylation is 1. The predicted octanol–water partition coefficient (Wildman–Crippen LogP) is 2.84. The van der Waals surface area contributed by atoms with Crippen LogP contribution in [0.2, 0.25) is 0 Å². The van der Waals surface area contributed by atoms with E-state index in [1.165, 1.54) is 11.1 Å². The molecule has 1 aromatic heterocycles. The number of benzene rings is 1. The Morgan fingerprint density at radius 1 is 1.22 bits per heavy atom. The molecule has 0 bridgehead atoms. The van der Waals surface area contributed by atoms with Crippen molar-refractivity contribution in [2.45, 2.75) is 33.4 Å². The third kappa shape index (κ3) is 2.79. The van der Waals surface area contributed by atoms with Crippen LogP contribution in [-0.2, 0) is 6.54 Å². The first-order chi connectivity index (χ1) is 8.58. The zero-order valence-corrected chi connectivity index (χ0v) is 11.3. The maximum absolute atomic E-state index is 6.13. The van der Waals surface area contributed by atoms with Crippen molar-refractivity contribution in [1.29, 1.82) is 0 Å². The molecule has 3 nitrogen and oxygen atoms in total. The van der Waals surface area contributed by atoms with Gasteiger partial charge in [0, 0.05) is 12.6 Å². The summed E-state index contributed by atoms with van der Waals surface area (Å²) in [5, 5.41) is 0. The summed E-state index contributed by atoms with van der Waals surface area (Å²) < 4.78 is 2.13. The Morgan fingerprint density at radius 2 is 1.89 bits per heavy atom. The van der Waals surface area contributed by atoms with Crippen molar-refractivity contribution < 1.29 is 0 Å². The molecule has 0 fully saturated rings. The van der Waals surface area contributed by atoms with E-state index in [-0.39, 0.29) is 6.04 Å². The summed E-state index contributed by atoms with van der Waals surface area (Å²) in [4.78, 5) is 4.24. The summed E-state index contributed by atoms with van der Waals surface area (Å²) in [7, 11) is 0. The highest BCUT2D eigenvalue weighted by atomic mass is 15.1. The molecular formula is C15H21N3. The molecule has 2 rings (SSSR count). The van der Waals surface area contributed by atoms with E-state index in [1.54, 1.807) is 0 Å². The molecular weight excluding hydrogens is 222 g/mol. The van der Waals surface area contributed by atoms with Gasteiger partial charge >= 0.3 is 0 Å². The van der Waals surface area contributed by atoms with Crippen LogP contribution in [0.25, 0.3) is 11.3 Å². The third-order valence-electron chi connectivity index (χ3n) is 3.32. The van der Waals surface area contributed by atoms with Gasteiger partial charge in [0.2, 0.25) is 0 Å². The highest BCUT2D eigenvalue weighted by Gasteiger charge is 2.11. The lowest BCUT2D eigenvalue weighted by atomic mass is 10.1. The van der Waals surface area contributed by atoms with Crippen molar-refractivity contribution in [2.75, 3.05) is 0 Å². The minimum atomic E-state index is 0.156. The Morgan fingerprint density at radius 3 is 2.50 bits per heavy atom. The second-order valence-corrected chi connectivity index (χ2v) is 5.21. The fraction of sp³-hybridized carbons (Fsp3) is 0.400. The smallest absolute Gasteiger partial charge is 0.0951 e. The van der Waals surface area contributed by atoms with Crippen LogP contribution in [0.15, 0.2) is 36.8 Å². The van der Waals surface area contributed by atoms with Gasteiger partial charge in [-0.2, -0.15) is 0 Å². The van der Waals surface area contributed by atoms with Crippen molar-refractivity contribution in [2.24, 2.45) is 11.7 Å². The molecule has 0 saturated carbocycles. The highest BCUT2D eigenvalue weighted by Crippen LogP contribution is 2.20. The maximum Gasteiger partial charge on any atom is 0.0951 e. The van der Waals surface area contributed by atoms with Gasteiger partial charge in [0.15, 0.2) is 0 Å². The molecule has 96 valence electrons. The van der Waals surface area contributed by atoms with Crippen LogP contribution in [0.4, 0.5) is 0 Å². The molecule has 3 heteroatoms. The fourth-order valence-corrected chi connectivity index (χ4v) is 1.87. The van der Waals surface area contributed by atoms with E-state index in [9.17, 15) is 0 Å². The molecule has 0 amide bonds. The third-order valence-corrected chi connectivity index (χ3v) is 3.32. The van der Waals surface area contributed by atoms with Crippen molar-refractivity contribution in [3.05, 3.63) is 42.4 Å². The van der Waals surface area contributed by atoms with Gasteiger partial charge in [-0.05, 0) is 18.4 Å². The van der Waals surface area contributed by atoms with Crippen LogP contribution in [0, 0.1) is 12.8 Å². The molecule has 1 aromatic carbocycles. The molecule has 0 spiro atoms. The quantitative estimate of drug-likeness (QED) is 0.897. The van der Waals surface area contributed by atoms with Crippen LogP contribution in [0.3, 0.4) is 0 Å². The summed E-state index contributed by atoms with van der Waals surface area (Å²) in [6.45, 7) is 7.19. The van der Waals surface area contributed by atoms with Gasteiger partial charge in [0.1, 0.15) is 0 Å². The van der Waals surface area contributed by atoms with Crippen LogP contribution in [-0.4, -0.2) is 15.6 Å². The number of rotatable bonds is 4. The molecule has 0 saturated heterocycles. The van der Waals surface area contributed by atoms with Gasteiger partial charge in [-0.1, -0.05) is 43.7 Å². The van der Waals surface area contributed by atoms with Crippen molar-refractivity contribution in [1.82, 2.24) is 9.55 Å². The van der Waals surface area contributed by atoms with E-state index in [0.29, 0.717) is 5.92 Å². The van der Waals surface area contributed by atoms with E-state index < -0.39 is 0 Å². The Kier molecular flexibility index (Phi) is 3.82. The molecule has 1 atom stereocenters. The normalized spacial score (nSPS) is 12.9. The van der Waals surface area contributed by atoms with Crippen molar-refractivity contribution in [3.8, 4) is 11.3 Å². The van der Waals surface area contributed by atoms with E-state index in [0.717, 1.165) is 12.2 Å². The monoisotopic (exact) mass is 243 g/mol. The first-order valence-electron chi connectivity index (χ1n) is 6.40. The maximum atomic E-state index is 6.13. The van der Waals surface area contributed by atoms with Gasteiger partial charge in [0.05, 0.1) is 18.2 Å². The summed E-state index contributed by atoms with van der Waals surface area (Å²) in [5.41, 5.74) is 9.72. The zero-order valence-electron chi connectivity index (χ0n) is 11.3. The number of nitrogens with zero attached hydrogens (tertiary/aromatic N) is 2. The summed E-state index contributed by atoms with van der Waals surface area (Å²) in [6, 6.07) is 8.65. The molecule has 2 aromatic rings. The molecule has 1 unspecified atom stereocenters. The largest absolute Gasteiger partial charge is 0.329 e. The van der Waals surface area contributed by atoms with Crippen molar-refractivity contribution in [3.63, 3.8) is 0 Å². The number of hydrogen-bond donors (Lipinski definition) is 1. The summed E-state index contributed by atoms with van der Waals surface area (Å²) in [6.07, 6.45) is 3.76. The van der Waals surface area contributed by atoms with Gasteiger partial charge in [-0.15, -0.1) is 0 Å². The summed E-state index contributed by atoms with van der Waals surface area (Å²) in [5.74, 6) is 0.471. The molecule has 0 aliphatic heterocycles. The molecule has 0 aliphatic rings. The second-order valence-electron chi connectivity index (χ2n) is 5.21. The average molecular weight is 243 g/mol. The molecule has 0 aliphatic carbocycles. The van der Waals surface area contributed by atoms with E-state index in [2.05, 4.69) is 54.6 Å². The van der Waals surface area contributed by atoms with Crippen LogP contribution < -0.4 is 5.73 Å². The van der Waals surface area contributed by atoms with E-state index >= 15 is 0 Å². The SMILES string of the molecule is Cc1ccc(-c2cncn2CC(N)C(C)C)cc1. The number of aromatic nitrogens is 2.